The van der Waals surface area contributed by atoms with E-state index in [2.05, 4.69) is 4.74 Å². The average Bonchev–Trinajstić information content (AvgIpc) is 3.06. The maximum Gasteiger partial charge on any atom is 0.573 e. The summed E-state index contributed by atoms with van der Waals surface area (Å²) in [5.74, 6) is -2.69. The van der Waals surface area contributed by atoms with Crippen molar-refractivity contribution in [3.05, 3.63) is 42.2 Å². The number of halogens is 3. The molecule has 0 aliphatic heterocycles. The second-order valence-corrected chi connectivity index (χ2v) is 5.32. The molecular formula is C17H16F3NO6. The lowest BCUT2D eigenvalue weighted by Crippen LogP contribution is -2.37. The molecule has 0 unspecified atom stereocenters. The van der Waals surface area contributed by atoms with E-state index in [0.717, 1.165) is 11.0 Å². The number of amides is 1. The van der Waals surface area contributed by atoms with E-state index < -0.39 is 30.5 Å². The first kappa shape index (κ1) is 20.3. The highest BCUT2D eigenvalue weighted by molar-refractivity contribution is 5.94. The number of carbonyl (C=O) groups is 2. The second-order valence-electron chi connectivity index (χ2n) is 5.32. The Labute approximate surface area is 151 Å². The molecule has 1 N–H and O–H groups in total. The van der Waals surface area contributed by atoms with Gasteiger partial charge >= 0.3 is 12.3 Å². The number of hydrogen-bond acceptors (Lipinski definition) is 5. The van der Waals surface area contributed by atoms with Crippen molar-refractivity contribution >= 4 is 11.9 Å². The lowest BCUT2D eigenvalue weighted by Gasteiger charge is -2.18. The first-order chi connectivity index (χ1) is 12.7. The van der Waals surface area contributed by atoms with E-state index >= 15 is 0 Å². The summed E-state index contributed by atoms with van der Waals surface area (Å²) < 4.78 is 51.8. The minimum Gasteiger partial charge on any atom is -0.480 e. The van der Waals surface area contributed by atoms with Crippen LogP contribution in [0.3, 0.4) is 0 Å². The van der Waals surface area contributed by atoms with Gasteiger partial charge in [-0.3, -0.25) is 9.59 Å². The van der Waals surface area contributed by atoms with Crippen molar-refractivity contribution in [3.63, 3.8) is 0 Å². The molecule has 2 rings (SSSR count). The van der Waals surface area contributed by atoms with Crippen LogP contribution in [0.25, 0.3) is 11.3 Å². The van der Waals surface area contributed by atoms with Crippen molar-refractivity contribution in [1.29, 1.82) is 0 Å². The lowest BCUT2D eigenvalue weighted by atomic mass is 10.1. The van der Waals surface area contributed by atoms with Crippen molar-refractivity contribution in [3.8, 4) is 17.1 Å². The second kappa shape index (κ2) is 8.58. The van der Waals surface area contributed by atoms with Gasteiger partial charge < -0.3 is 23.9 Å². The van der Waals surface area contributed by atoms with Crippen LogP contribution < -0.4 is 4.74 Å². The smallest absolute Gasteiger partial charge is 0.480 e. The van der Waals surface area contributed by atoms with Crippen LogP contribution in [0, 0.1) is 0 Å². The van der Waals surface area contributed by atoms with Gasteiger partial charge in [0.15, 0.2) is 5.76 Å². The maximum atomic E-state index is 12.5. The normalized spacial score (nSPS) is 11.3. The van der Waals surface area contributed by atoms with Gasteiger partial charge in [-0.1, -0.05) is 12.1 Å². The highest BCUT2D eigenvalue weighted by Gasteiger charge is 2.32. The van der Waals surface area contributed by atoms with Crippen LogP contribution in [0.5, 0.6) is 5.75 Å². The number of hydrogen-bond donors (Lipinski definition) is 1. The Hall–Kier alpha value is -3.01. The van der Waals surface area contributed by atoms with Crippen molar-refractivity contribution in [2.24, 2.45) is 0 Å². The molecule has 0 aliphatic carbocycles. The number of nitrogens with zero attached hydrogens (tertiary/aromatic N) is 1. The summed E-state index contributed by atoms with van der Waals surface area (Å²) in [6.45, 7) is -0.466. The van der Waals surface area contributed by atoms with Crippen LogP contribution >= 0.6 is 0 Å². The zero-order chi connectivity index (χ0) is 20.0. The van der Waals surface area contributed by atoms with E-state index in [1.165, 1.54) is 37.4 Å². The molecular weight excluding hydrogens is 371 g/mol. The quantitative estimate of drug-likeness (QED) is 0.749. The first-order valence-corrected chi connectivity index (χ1v) is 7.66. The number of aliphatic carboxylic acids is 1. The maximum absolute atomic E-state index is 12.5. The molecule has 0 radical (unpaired) electrons. The molecule has 27 heavy (non-hydrogen) atoms. The molecule has 0 atom stereocenters. The molecule has 1 aromatic carbocycles. The zero-order valence-electron chi connectivity index (χ0n) is 14.2. The number of carbonyl (C=O) groups excluding carboxylic acids is 1. The summed E-state index contributed by atoms with van der Waals surface area (Å²) in [5.41, 5.74) is -0.00412. The molecule has 0 saturated heterocycles. The zero-order valence-corrected chi connectivity index (χ0v) is 14.2. The van der Waals surface area contributed by atoms with Crippen LogP contribution in [0.1, 0.15) is 10.6 Å². The number of carboxylic acid groups (broad SMARTS) is 1. The summed E-state index contributed by atoms with van der Waals surface area (Å²) in [7, 11) is 1.39. The average molecular weight is 387 g/mol. The largest absolute Gasteiger partial charge is 0.573 e. The van der Waals surface area contributed by atoms with E-state index in [9.17, 15) is 22.8 Å². The SMILES string of the molecule is COCCN(CC(=O)O)C(=O)c1ccc(-c2ccccc2OC(F)(F)F)o1. The van der Waals surface area contributed by atoms with Crippen molar-refractivity contribution in [1.82, 2.24) is 4.90 Å². The number of methoxy groups -OCH3 is 1. The van der Waals surface area contributed by atoms with Gasteiger partial charge in [-0.15, -0.1) is 13.2 Å². The minimum atomic E-state index is -4.89. The number of para-hydroxylation sites is 1. The van der Waals surface area contributed by atoms with Crippen molar-refractivity contribution < 1.29 is 41.8 Å². The number of carboxylic acids is 1. The molecule has 0 fully saturated rings. The first-order valence-electron chi connectivity index (χ1n) is 7.66. The van der Waals surface area contributed by atoms with E-state index in [4.69, 9.17) is 14.3 Å². The molecule has 0 bridgehead atoms. The summed E-state index contributed by atoms with van der Waals surface area (Å²) in [6, 6.07) is 7.86. The Morgan fingerprint density at radius 1 is 1.19 bits per heavy atom. The molecule has 1 heterocycles. The molecule has 146 valence electrons. The summed E-state index contributed by atoms with van der Waals surface area (Å²) in [4.78, 5) is 24.4. The van der Waals surface area contributed by atoms with E-state index in [1.807, 2.05) is 0 Å². The van der Waals surface area contributed by atoms with Crippen LogP contribution in [0.4, 0.5) is 13.2 Å². The van der Waals surface area contributed by atoms with Gasteiger partial charge in [0.2, 0.25) is 0 Å². The minimum absolute atomic E-state index is 0.00412. The Morgan fingerprint density at radius 3 is 2.52 bits per heavy atom. The predicted molar refractivity (Wildman–Crippen MR) is 86.2 cm³/mol. The lowest BCUT2D eigenvalue weighted by molar-refractivity contribution is -0.274. The molecule has 1 amide bonds. The fourth-order valence-corrected chi connectivity index (χ4v) is 2.25. The molecule has 7 nitrogen and oxygen atoms in total. The number of furan rings is 1. The summed E-state index contributed by atoms with van der Waals surface area (Å²) in [5, 5.41) is 8.92. The standard InChI is InChI=1S/C17H16F3NO6/c1-25-9-8-21(10-15(22)23)16(24)14-7-6-12(26-14)11-4-2-3-5-13(11)27-17(18,19)20/h2-7H,8-10H2,1H3,(H,22,23). The predicted octanol–water partition coefficient (Wildman–Crippen LogP) is 3.02. The Kier molecular flexibility index (Phi) is 6.45. The molecule has 10 heteroatoms. The Balaban J connectivity index is 2.28. The van der Waals surface area contributed by atoms with Crippen LogP contribution in [-0.4, -0.2) is 55.1 Å². The Morgan fingerprint density at radius 2 is 1.89 bits per heavy atom. The molecule has 1 aromatic heterocycles. The highest BCUT2D eigenvalue weighted by atomic mass is 19.4. The van der Waals surface area contributed by atoms with E-state index in [0.29, 0.717) is 0 Å². The molecule has 0 spiro atoms. The van der Waals surface area contributed by atoms with Gasteiger partial charge in [-0.25, -0.2) is 0 Å². The highest BCUT2D eigenvalue weighted by Crippen LogP contribution is 2.34. The van der Waals surface area contributed by atoms with Crippen LogP contribution in [-0.2, 0) is 9.53 Å². The summed E-state index contributed by atoms with van der Waals surface area (Å²) >= 11 is 0. The van der Waals surface area contributed by atoms with Crippen LogP contribution in [0.15, 0.2) is 40.8 Å². The van der Waals surface area contributed by atoms with Gasteiger partial charge in [0.1, 0.15) is 18.1 Å². The molecule has 2 aromatic rings. The van der Waals surface area contributed by atoms with Gasteiger partial charge in [-0.05, 0) is 24.3 Å². The monoisotopic (exact) mass is 387 g/mol. The van der Waals surface area contributed by atoms with Gasteiger partial charge in [-0.2, -0.15) is 0 Å². The number of benzene rings is 1. The fourth-order valence-electron chi connectivity index (χ4n) is 2.25. The topological polar surface area (TPSA) is 89.2 Å². The fraction of sp³-hybridized carbons (Fsp3) is 0.294. The number of alkyl halides is 3. The van der Waals surface area contributed by atoms with E-state index in [1.54, 1.807) is 0 Å². The third kappa shape index (κ3) is 5.74. The van der Waals surface area contributed by atoms with Crippen LogP contribution in [0.2, 0.25) is 0 Å². The molecule has 0 aliphatic rings. The Bertz CT molecular complexity index is 802. The van der Waals surface area contributed by atoms with Gasteiger partial charge in [0.05, 0.1) is 12.2 Å². The third-order valence-electron chi connectivity index (χ3n) is 3.37. The van der Waals surface area contributed by atoms with E-state index in [-0.39, 0.29) is 30.2 Å². The van der Waals surface area contributed by atoms with Gasteiger partial charge in [0.25, 0.3) is 5.91 Å². The van der Waals surface area contributed by atoms with Crippen molar-refractivity contribution in [2.75, 3.05) is 26.8 Å². The third-order valence-corrected chi connectivity index (χ3v) is 3.37. The summed E-state index contributed by atoms with van der Waals surface area (Å²) in [6.07, 6.45) is -4.89. The van der Waals surface area contributed by atoms with Crippen molar-refractivity contribution in [2.45, 2.75) is 6.36 Å². The number of ether oxygens (including phenoxy) is 2. The number of rotatable bonds is 8. The van der Waals surface area contributed by atoms with Gasteiger partial charge in [0, 0.05) is 13.7 Å². The molecule has 0 saturated carbocycles.